The first-order valence-corrected chi connectivity index (χ1v) is 5.12. The van der Waals surface area contributed by atoms with Gasteiger partial charge >= 0.3 is 0 Å². The average Bonchev–Trinajstić information content (AvgIpc) is 2.01. The Kier molecular flexibility index (Phi) is 3.58. The summed E-state index contributed by atoms with van der Waals surface area (Å²) in [4.78, 5) is 4.10. The number of nitriles is 1. The van der Waals surface area contributed by atoms with Crippen LogP contribution < -0.4 is 0 Å². The number of halogens is 1. The van der Waals surface area contributed by atoms with Gasteiger partial charge in [-0.1, -0.05) is 25.4 Å². The number of pyridine rings is 1. The Bertz CT molecular complexity index is 344. The summed E-state index contributed by atoms with van der Waals surface area (Å²) in [6.07, 6.45) is 0. The topological polar surface area (TPSA) is 36.7 Å². The minimum Gasteiger partial charge on any atom is -0.230 e. The van der Waals surface area contributed by atoms with Gasteiger partial charge in [0, 0.05) is 5.25 Å². The number of aromatic nitrogens is 1. The molecule has 0 aliphatic heterocycles. The lowest BCUT2D eigenvalue weighted by Crippen LogP contribution is -1.90. The highest BCUT2D eigenvalue weighted by molar-refractivity contribution is 7.99. The molecule has 1 heterocycles. The van der Waals surface area contributed by atoms with Gasteiger partial charge in [0.05, 0.1) is 16.7 Å². The van der Waals surface area contributed by atoms with Gasteiger partial charge < -0.3 is 0 Å². The fourth-order valence-corrected chi connectivity index (χ4v) is 1.93. The molecule has 0 amide bonds. The summed E-state index contributed by atoms with van der Waals surface area (Å²) in [7, 11) is 0. The van der Waals surface area contributed by atoms with Crippen LogP contribution in [0.3, 0.4) is 0 Å². The van der Waals surface area contributed by atoms with Crippen LogP contribution in [0.5, 0.6) is 0 Å². The van der Waals surface area contributed by atoms with Crippen molar-refractivity contribution in [1.82, 2.24) is 4.98 Å². The molecule has 4 heteroatoms. The van der Waals surface area contributed by atoms with Gasteiger partial charge in [-0.15, -0.1) is 11.8 Å². The fraction of sp³-hybridized carbons (Fsp3) is 0.333. The summed E-state index contributed by atoms with van der Waals surface area (Å²) in [6, 6.07) is 5.35. The molecule has 0 aromatic carbocycles. The molecule has 13 heavy (non-hydrogen) atoms. The fourth-order valence-electron chi connectivity index (χ4n) is 0.839. The van der Waals surface area contributed by atoms with E-state index in [1.54, 1.807) is 23.9 Å². The molecule has 0 bridgehead atoms. The third-order valence-electron chi connectivity index (χ3n) is 1.26. The quantitative estimate of drug-likeness (QED) is 0.558. The van der Waals surface area contributed by atoms with Crippen molar-refractivity contribution in [2.75, 3.05) is 0 Å². The van der Waals surface area contributed by atoms with Crippen LogP contribution in [0.15, 0.2) is 17.2 Å². The molecular weight excluding hydrogens is 204 g/mol. The van der Waals surface area contributed by atoms with E-state index >= 15 is 0 Å². The van der Waals surface area contributed by atoms with Crippen molar-refractivity contribution in [3.05, 3.63) is 22.8 Å². The van der Waals surface area contributed by atoms with Crippen LogP contribution in [0.1, 0.15) is 19.4 Å². The molecule has 1 aromatic rings. The molecule has 2 nitrogen and oxygen atoms in total. The first-order chi connectivity index (χ1) is 6.11. The van der Waals surface area contributed by atoms with Crippen LogP contribution in [0, 0.1) is 11.3 Å². The minimum atomic E-state index is 0.377. The molecule has 0 saturated carbocycles. The van der Waals surface area contributed by atoms with E-state index in [-0.39, 0.29) is 0 Å². The number of rotatable bonds is 2. The zero-order valence-corrected chi connectivity index (χ0v) is 8.99. The van der Waals surface area contributed by atoms with E-state index < -0.39 is 0 Å². The zero-order chi connectivity index (χ0) is 9.84. The number of hydrogen-bond acceptors (Lipinski definition) is 3. The third kappa shape index (κ3) is 3.25. The van der Waals surface area contributed by atoms with Crippen molar-refractivity contribution < 1.29 is 0 Å². The van der Waals surface area contributed by atoms with Crippen LogP contribution in [-0.2, 0) is 0 Å². The van der Waals surface area contributed by atoms with Crippen molar-refractivity contribution in [3.8, 4) is 6.07 Å². The maximum absolute atomic E-state index is 8.67. The van der Waals surface area contributed by atoms with Crippen molar-refractivity contribution in [2.45, 2.75) is 24.1 Å². The molecule has 1 aromatic heterocycles. The molecule has 0 saturated heterocycles. The zero-order valence-electron chi connectivity index (χ0n) is 7.41. The predicted octanol–water partition coefficient (Wildman–Crippen LogP) is 3.11. The van der Waals surface area contributed by atoms with E-state index in [0.29, 0.717) is 16.0 Å². The summed E-state index contributed by atoms with van der Waals surface area (Å²) in [5, 5.41) is 10.3. The van der Waals surface area contributed by atoms with E-state index in [0.717, 1.165) is 5.03 Å². The monoisotopic (exact) mass is 212 g/mol. The second-order valence-electron chi connectivity index (χ2n) is 2.80. The van der Waals surface area contributed by atoms with Crippen LogP contribution in [0.25, 0.3) is 0 Å². The van der Waals surface area contributed by atoms with Gasteiger partial charge in [-0.25, -0.2) is 4.98 Å². The largest absolute Gasteiger partial charge is 0.230 e. The summed E-state index contributed by atoms with van der Waals surface area (Å²) in [6.45, 7) is 4.14. The lowest BCUT2D eigenvalue weighted by molar-refractivity contribution is 1.07. The van der Waals surface area contributed by atoms with Crippen molar-refractivity contribution in [3.63, 3.8) is 0 Å². The smallest absolute Gasteiger partial charge is 0.131 e. The molecule has 0 radical (unpaired) electrons. The van der Waals surface area contributed by atoms with Crippen molar-refractivity contribution in [2.24, 2.45) is 0 Å². The first kappa shape index (κ1) is 10.4. The Morgan fingerprint density at radius 3 is 2.77 bits per heavy atom. The van der Waals surface area contributed by atoms with Gasteiger partial charge in [0.1, 0.15) is 5.15 Å². The van der Waals surface area contributed by atoms with Crippen molar-refractivity contribution >= 4 is 23.4 Å². The average molecular weight is 213 g/mol. The molecule has 0 aliphatic carbocycles. The summed E-state index contributed by atoms with van der Waals surface area (Å²) < 4.78 is 0. The van der Waals surface area contributed by atoms with E-state index in [4.69, 9.17) is 16.9 Å². The molecule has 0 N–H and O–H groups in total. The van der Waals surface area contributed by atoms with E-state index in [9.17, 15) is 0 Å². The van der Waals surface area contributed by atoms with Gasteiger partial charge in [0.25, 0.3) is 0 Å². The molecule has 0 spiro atoms. The normalized spacial score (nSPS) is 10.1. The number of nitrogens with zero attached hydrogens (tertiary/aromatic N) is 2. The van der Waals surface area contributed by atoms with Gasteiger partial charge in [0.15, 0.2) is 0 Å². The Labute approximate surface area is 86.9 Å². The van der Waals surface area contributed by atoms with Crippen LogP contribution in [0.2, 0.25) is 5.15 Å². The van der Waals surface area contributed by atoms with Gasteiger partial charge in [-0.2, -0.15) is 5.26 Å². The summed E-state index contributed by atoms with van der Waals surface area (Å²) >= 11 is 7.33. The van der Waals surface area contributed by atoms with E-state index in [2.05, 4.69) is 18.8 Å². The highest BCUT2D eigenvalue weighted by Crippen LogP contribution is 2.23. The van der Waals surface area contributed by atoms with Gasteiger partial charge in [-0.05, 0) is 12.1 Å². The first-order valence-electron chi connectivity index (χ1n) is 3.86. The SMILES string of the molecule is CC(C)Sc1cc(C#N)cc(Cl)n1. The lowest BCUT2D eigenvalue weighted by Gasteiger charge is -2.03. The van der Waals surface area contributed by atoms with Gasteiger partial charge in [0.2, 0.25) is 0 Å². The maximum atomic E-state index is 8.67. The van der Waals surface area contributed by atoms with Crippen LogP contribution in [-0.4, -0.2) is 10.2 Å². The molecule has 68 valence electrons. The second kappa shape index (κ2) is 4.50. The Morgan fingerprint density at radius 1 is 1.54 bits per heavy atom. The van der Waals surface area contributed by atoms with E-state index in [1.807, 2.05) is 6.07 Å². The highest BCUT2D eigenvalue weighted by Gasteiger charge is 2.03. The summed E-state index contributed by atoms with van der Waals surface area (Å²) in [5.74, 6) is 0. The lowest BCUT2D eigenvalue weighted by atomic mass is 10.3. The predicted molar refractivity (Wildman–Crippen MR) is 55.0 cm³/mol. The second-order valence-corrected chi connectivity index (χ2v) is 4.78. The molecule has 0 aliphatic rings. The van der Waals surface area contributed by atoms with Crippen LogP contribution >= 0.6 is 23.4 Å². The van der Waals surface area contributed by atoms with Crippen LogP contribution in [0.4, 0.5) is 0 Å². The summed E-state index contributed by atoms with van der Waals surface area (Å²) in [5.41, 5.74) is 0.558. The Hall–Kier alpha value is -0.720. The van der Waals surface area contributed by atoms with Crippen molar-refractivity contribution in [1.29, 1.82) is 5.26 Å². The number of hydrogen-bond donors (Lipinski definition) is 0. The molecular formula is C9H9ClN2S. The minimum absolute atomic E-state index is 0.377. The Balaban J connectivity index is 2.96. The highest BCUT2D eigenvalue weighted by atomic mass is 35.5. The maximum Gasteiger partial charge on any atom is 0.131 e. The standard InChI is InChI=1S/C9H9ClN2S/c1-6(2)13-9-4-7(5-11)3-8(10)12-9/h3-4,6H,1-2H3. The van der Waals surface area contributed by atoms with Gasteiger partial charge in [-0.3, -0.25) is 0 Å². The Morgan fingerprint density at radius 2 is 2.23 bits per heavy atom. The van der Waals surface area contributed by atoms with E-state index in [1.165, 1.54) is 0 Å². The number of thioether (sulfide) groups is 1. The molecule has 0 atom stereocenters. The molecule has 0 unspecified atom stereocenters. The molecule has 1 rings (SSSR count). The molecule has 0 fully saturated rings. The third-order valence-corrected chi connectivity index (χ3v) is 2.37.